The molecule has 0 aromatic heterocycles. The Morgan fingerprint density at radius 1 is 1.50 bits per heavy atom. The number of hydrogen-bond acceptors (Lipinski definition) is 4. The molecule has 1 rings (SSSR count). The lowest BCUT2D eigenvalue weighted by molar-refractivity contribution is -0.150. The molecule has 0 saturated heterocycles. The molecule has 0 aromatic carbocycles. The first kappa shape index (κ1) is 15.8. The van der Waals surface area contributed by atoms with Crippen molar-refractivity contribution in [1.82, 2.24) is 5.32 Å². The number of hydrogen-bond donors (Lipinski definition) is 1. The zero-order valence-corrected chi connectivity index (χ0v) is 13.2. The topological polar surface area (TPSA) is 38.3 Å². The number of thioether (sulfide) groups is 1. The minimum atomic E-state index is -0.437. The molecule has 1 fully saturated rings. The molecule has 2 unspecified atom stereocenters. The second kappa shape index (κ2) is 6.29. The lowest BCUT2D eigenvalue weighted by Gasteiger charge is -2.33. The van der Waals surface area contributed by atoms with Gasteiger partial charge in [0.2, 0.25) is 0 Å². The first-order valence-corrected chi connectivity index (χ1v) is 7.75. The summed E-state index contributed by atoms with van der Waals surface area (Å²) >= 11 is 1.97. The quantitative estimate of drug-likeness (QED) is 0.782. The van der Waals surface area contributed by atoms with Crippen LogP contribution in [-0.4, -0.2) is 36.2 Å². The lowest BCUT2D eigenvalue weighted by Crippen LogP contribution is -2.54. The predicted octanol–water partition coefficient (Wildman–Crippen LogP) is 2.84. The monoisotopic (exact) mass is 273 g/mol. The third kappa shape index (κ3) is 3.64. The van der Waals surface area contributed by atoms with Gasteiger partial charge in [0, 0.05) is 4.75 Å². The van der Waals surface area contributed by atoms with E-state index in [0.717, 1.165) is 31.4 Å². The number of methoxy groups -OCH3 is 1. The Hall–Kier alpha value is -0.220. The van der Waals surface area contributed by atoms with Gasteiger partial charge in [-0.05, 0) is 38.0 Å². The summed E-state index contributed by atoms with van der Waals surface area (Å²) in [7, 11) is 3.37. The highest BCUT2D eigenvalue weighted by atomic mass is 32.2. The van der Waals surface area contributed by atoms with Crippen molar-refractivity contribution < 1.29 is 9.53 Å². The summed E-state index contributed by atoms with van der Waals surface area (Å²) < 4.78 is 5.30. The Morgan fingerprint density at radius 3 is 2.67 bits per heavy atom. The number of ether oxygens (including phenoxy) is 1. The van der Waals surface area contributed by atoms with Crippen molar-refractivity contribution in [2.75, 3.05) is 19.9 Å². The van der Waals surface area contributed by atoms with Gasteiger partial charge in [0.1, 0.15) is 5.54 Å². The molecule has 4 heteroatoms. The molecule has 1 aliphatic carbocycles. The average Bonchev–Trinajstić information content (AvgIpc) is 2.70. The van der Waals surface area contributed by atoms with E-state index in [9.17, 15) is 4.79 Å². The van der Waals surface area contributed by atoms with Gasteiger partial charge in [-0.3, -0.25) is 4.79 Å². The number of esters is 1. The molecule has 0 aromatic rings. The molecular formula is C14H27NO2S. The maximum Gasteiger partial charge on any atom is 0.326 e. The van der Waals surface area contributed by atoms with Crippen LogP contribution in [0.1, 0.15) is 46.5 Å². The lowest BCUT2D eigenvalue weighted by atomic mass is 9.85. The van der Waals surface area contributed by atoms with Gasteiger partial charge in [-0.25, -0.2) is 0 Å². The van der Waals surface area contributed by atoms with Crippen LogP contribution in [-0.2, 0) is 9.53 Å². The van der Waals surface area contributed by atoms with Gasteiger partial charge in [-0.1, -0.05) is 27.2 Å². The van der Waals surface area contributed by atoms with E-state index in [1.807, 2.05) is 18.8 Å². The molecule has 0 aliphatic heterocycles. The Morgan fingerprint density at radius 2 is 2.17 bits per heavy atom. The van der Waals surface area contributed by atoms with Crippen LogP contribution in [0.5, 0.6) is 0 Å². The summed E-state index contributed by atoms with van der Waals surface area (Å²) in [6, 6.07) is 0. The average molecular weight is 273 g/mol. The maximum atomic E-state index is 12.0. The van der Waals surface area contributed by atoms with Crippen molar-refractivity contribution in [3.05, 3.63) is 0 Å². The summed E-state index contributed by atoms with van der Waals surface area (Å²) in [6.45, 7) is 6.70. The van der Waals surface area contributed by atoms with Crippen LogP contribution < -0.4 is 5.32 Å². The van der Waals surface area contributed by atoms with Crippen molar-refractivity contribution >= 4 is 17.7 Å². The number of nitrogens with one attached hydrogen (secondary N) is 1. The number of likely N-dealkylation sites (N-methyl/N-ethyl adjacent to an activating group) is 1. The van der Waals surface area contributed by atoms with Crippen molar-refractivity contribution in [1.29, 1.82) is 0 Å². The molecule has 1 aliphatic rings. The second-order valence-corrected chi connectivity index (χ2v) is 7.97. The molecule has 18 heavy (non-hydrogen) atoms. The second-order valence-electron chi connectivity index (χ2n) is 6.05. The first-order valence-electron chi connectivity index (χ1n) is 6.77. The highest BCUT2D eigenvalue weighted by Crippen LogP contribution is 2.40. The third-order valence-electron chi connectivity index (χ3n) is 3.82. The number of carbonyl (C=O) groups excluding carboxylic acids is 1. The molecule has 2 atom stereocenters. The van der Waals surface area contributed by atoms with E-state index in [1.54, 1.807) is 0 Å². The van der Waals surface area contributed by atoms with Gasteiger partial charge in [0.15, 0.2) is 0 Å². The van der Waals surface area contributed by atoms with Gasteiger partial charge >= 0.3 is 5.97 Å². The van der Waals surface area contributed by atoms with Crippen LogP contribution in [0.3, 0.4) is 0 Å². The van der Waals surface area contributed by atoms with Crippen molar-refractivity contribution in [3.63, 3.8) is 0 Å². The van der Waals surface area contributed by atoms with Crippen molar-refractivity contribution in [3.8, 4) is 0 Å². The van der Waals surface area contributed by atoms with Crippen molar-refractivity contribution in [2.45, 2.75) is 56.7 Å². The molecule has 0 heterocycles. The summed E-state index contributed by atoms with van der Waals surface area (Å²) in [5, 5.41) is 3.24. The normalized spacial score (nSPS) is 28.4. The van der Waals surface area contributed by atoms with E-state index in [2.05, 4.69) is 26.1 Å². The zero-order valence-electron chi connectivity index (χ0n) is 12.3. The molecular weight excluding hydrogens is 246 g/mol. The molecule has 0 spiro atoms. The molecule has 0 amide bonds. The van der Waals surface area contributed by atoms with Crippen LogP contribution in [0, 0.1) is 5.92 Å². The van der Waals surface area contributed by atoms with E-state index >= 15 is 0 Å². The largest absolute Gasteiger partial charge is 0.468 e. The van der Waals surface area contributed by atoms with Crippen LogP contribution >= 0.6 is 11.8 Å². The molecule has 3 nitrogen and oxygen atoms in total. The SMILES string of the molecule is CNC1(C(=O)OC)CCCC1CCSC(C)(C)C. The summed E-state index contributed by atoms with van der Waals surface area (Å²) in [5.74, 6) is 1.42. The van der Waals surface area contributed by atoms with Gasteiger partial charge in [0.05, 0.1) is 7.11 Å². The number of rotatable bonds is 5. The molecule has 106 valence electrons. The molecule has 1 saturated carbocycles. The smallest absolute Gasteiger partial charge is 0.326 e. The van der Waals surface area contributed by atoms with E-state index < -0.39 is 5.54 Å². The number of carbonyl (C=O) groups is 1. The Labute approximate surface area is 115 Å². The van der Waals surface area contributed by atoms with E-state index in [4.69, 9.17) is 4.74 Å². The molecule has 0 radical (unpaired) electrons. The van der Waals surface area contributed by atoms with Gasteiger partial charge in [0.25, 0.3) is 0 Å². The minimum Gasteiger partial charge on any atom is -0.468 e. The van der Waals surface area contributed by atoms with Crippen LogP contribution in [0.4, 0.5) is 0 Å². The summed E-state index contributed by atoms with van der Waals surface area (Å²) in [4.78, 5) is 12.0. The first-order chi connectivity index (χ1) is 8.35. The summed E-state index contributed by atoms with van der Waals surface area (Å²) in [5.41, 5.74) is -0.437. The van der Waals surface area contributed by atoms with Crippen LogP contribution in [0.2, 0.25) is 0 Å². The molecule has 0 bridgehead atoms. The van der Waals surface area contributed by atoms with Gasteiger partial charge in [-0.15, -0.1) is 0 Å². The van der Waals surface area contributed by atoms with E-state index in [-0.39, 0.29) is 5.97 Å². The van der Waals surface area contributed by atoms with Crippen LogP contribution in [0.25, 0.3) is 0 Å². The Bertz CT molecular complexity index is 288. The highest BCUT2D eigenvalue weighted by Gasteiger charge is 2.48. The standard InChI is InChI=1S/C14H27NO2S/c1-13(2,3)18-10-8-11-7-6-9-14(11,15-4)12(16)17-5/h11,15H,6-10H2,1-5H3. The Kier molecular flexibility index (Phi) is 5.53. The highest BCUT2D eigenvalue weighted by molar-refractivity contribution is 8.00. The van der Waals surface area contributed by atoms with E-state index in [0.29, 0.717) is 10.7 Å². The fourth-order valence-corrected chi connectivity index (χ4v) is 3.87. The fourth-order valence-electron chi connectivity index (χ4n) is 2.86. The third-order valence-corrected chi connectivity index (χ3v) is 5.12. The Balaban J connectivity index is 2.60. The fraction of sp³-hybridized carbons (Fsp3) is 0.929. The van der Waals surface area contributed by atoms with E-state index in [1.165, 1.54) is 7.11 Å². The zero-order chi connectivity index (χ0) is 13.8. The van der Waals surface area contributed by atoms with Gasteiger partial charge in [-0.2, -0.15) is 11.8 Å². The minimum absolute atomic E-state index is 0.0896. The maximum absolute atomic E-state index is 12.0. The molecule has 1 N–H and O–H groups in total. The van der Waals surface area contributed by atoms with Crippen molar-refractivity contribution in [2.24, 2.45) is 5.92 Å². The van der Waals surface area contributed by atoms with Crippen LogP contribution in [0.15, 0.2) is 0 Å². The summed E-state index contributed by atoms with van der Waals surface area (Å²) in [6.07, 6.45) is 4.22. The van der Waals surface area contributed by atoms with Gasteiger partial charge < -0.3 is 10.1 Å². The predicted molar refractivity (Wildman–Crippen MR) is 78.0 cm³/mol.